The molecule has 0 fully saturated rings. The Hall–Kier alpha value is -1.37. The molecule has 0 radical (unpaired) electrons. The van der Waals surface area contributed by atoms with Crippen LogP contribution in [0.5, 0.6) is 5.75 Å². The van der Waals surface area contributed by atoms with Crippen molar-refractivity contribution in [2.75, 3.05) is 13.2 Å². The van der Waals surface area contributed by atoms with E-state index in [-0.39, 0.29) is 17.5 Å². The summed E-state index contributed by atoms with van der Waals surface area (Å²) in [6.07, 6.45) is 2.93. The molecule has 0 saturated carbocycles. The van der Waals surface area contributed by atoms with Gasteiger partial charge in [0.25, 0.3) is 0 Å². The number of ether oxygens (including phenoxy) is 1. The third-order valence-corrected chi connectivity index (χ3v) is 4.76. The lowest BCUT2D eigenvalue weighted by Crippen LogP contribution is -2.27. The molecular formula is C14H20N2O3S. The molecule has 110 valence electrons. The Kier molecular flexibility index (Phi) is 4.47. The van der Waals surface area contributed by atoms with Gasteiger partial charge in [-0.1, -0.05) is 19.1 Å². The Bertz CT molecular complexity index is 611. The van der Waals surface area contributed by atoms with Crippen molar-refractivity contribution >= 4 is 10.0 Å². The maximum atomic E-state index is 12.4. The van der Waals surface area contributed by atoms with E-state index in [0.29, 0.717) is 18.8 Å². The summed E-state index contributed by atoms with van der Waals surface area (Å²) in [4.78, 5) is 0.170. The quantitative estimate of drug-likeness (QED) is 0.807. The van der Waals surface area contributed by atoms with Crippen LogP contribution in [0.15, 0.2) is 29.7 Å². The topological polar surface area (TPSA) is 81.4 Å². The minimum absolute atomic E-state index is 0.170. The van der Waals surface area contributed by atoms with E-state index in [0.717, 1.165) is 17.5 Å². The van der Waals surface area contributed by atoms with Gasteiger partial charge in [0, 0.05) is 24.6 Å². The highest BCUT2D eigenvalue weighted by molar-refractivity contribution is 7.89. The highest BCUT2D eigenvalue weighted by Crippen LogP contribution is 2.37. The molecule has 1 aliphatic heterocycles. The SMILES string of the molecule is C=CCNS(=O)(=O)c1cc(CC)cc2c1OCCC2N. The lowest BCUT2D eigenvalue weighted by Gasteiger charge is -2.26. The lowest BCUT2D eigenvalue weighted by molar-refractivity contribution is 0.261. The fourth-order valence-electron chi connectivity index (χ4n) is 2.21. The Morgan fingerprint density at radius 2 is 2.30 bits per heavy atom. The van der Waals surface area contributed by atoms with E-state index in [2.05, 4.69) is 11.3 Å². The number of nitrogens with one attached hydrogen (secondary N) is 1. The minimum Gasteiger partial charge on any atom is -0.492 e. The van der Waals surface area contributed by atoms with Gasteiger partial charge >= 0.3 is 0 Å². The van der Waals surface area contributed by atoms with E-state index in [9.17, 15) is 8.42 Å². The van der Waals surface area contributed by atoms with Crippen LogP contribution in [0.3, 0.4) is 0 Å². The van der Waals surface area contributed by atoms with E-state index in [1.54, 1.807) is 6.07 Å². The average molecular weight is 296 g/mol. The van der Waals surface area contributed by atoms with Gasteiger partial charge in [-0.3, -0.25) is 0 Å². The molecule has 5 nitrogen and oxygen atoms in total. The molecule has 2 rings (SSSR count). The zero-order chi connectivity index (χ0) is 14.8. The molecule has 0 spiro atoms. The Morgan fingerprint density at radius 3 is 2.95 bits per heavy atom. The molecule has 1 unspecified atom stereocenters. The summed E-state index contributed by atoms with van der Waals surface area (Å²) in [6.45, 7) is 6.10. The highest BCUT2D eigenvalue weighted by Gasteiger charge is 2.27. The molecular weight excluding hydrogens is 276 g/mol. The molecule has 0 amide bonds. The van der Waals surface area contributed by atoms with E-state index >= 15 is 0 Å². The molecule has 0 aliphatic carbocycles. The largest absolute Gasteiger partial charge is 0.492 e. The number of nitrogens with two attached hydrogens (primary N) is 1. The van der Waals surface area contributed by atoms with Crippen molar-refractivity contribution in [3.63, 3.8) is 0 Å². The third kappa shape index (κ3) is 2.87. The Labute approximate surface area is 119 Å². The van der Waals surface area contributed by atoms with Gasteiger partial charge in [-0.05, 0) is 18.1 Å². The van der Waals surface area contributed by atoms with Crippen molar-refractivity contribution in [2.24, 2.45) is 5.73 Å². The first-order valence-electron chi connectivity index (χ1n) is 6.65. The Balaban J connectivity index is 2.57. The zero-order valence-corrected chi connectivity index (χ0v) is 12.4. The van der Waals surface area contributed by atoms with Gasteiger partial charge in [-0.15, -0.1) is 6.58 Å². The maximum absolute atomic E-state index is 12.4. The van der Waals surface area contributed by atoms with Crippen LogP contribution >= 0.6 is 0 Å². The van der Waals surface area contributed by atoms with Gasteiger partial charge in [-0.25, -0.2) is 13.1 Å². The molecule has 0 aromatic heterocycles. The number of fused-ring (bicyclic) bond motifs is 1. The van der Waals surface area contributed by atoms with Crippen LogP contribution in [0.4, 0.5) is 0 Å². The van der Waals surface area contributed by atoms with Crippen LogP contribution in [0.2, 0.25) is 0 Å². The standard InChI is InChI=1S/C14H20N2O3S/c1-3-6-16-20(17,18)13-9-10(4-2)8-11-12(15)5-7-19-14(11)13/h3,8-9,12,16H,1,4-7,15H2,2H3. The van der Waals surface area contributed by atoms with Crippen molar-refractivity contribution in [1.82, 2.24) is 4.72 Å². The molecule has 1 atom stereocenters. The number of hydrogen-bond acceptors (Lipinski definition) is 4. The van der Waals surface area contributed by atoms with Gasteiger partial charge in [0.15, 0.2) is 0 Å². The van der Waals surface area contributed by atoms with Gasteiger partial charge in [0.05, 0.1) is 6.61 Å². The third-order valence-electron chi connectivity index (χ3n) is 3.33. The number of rotatable bonds is 5. The van der Waals surface area contributed by atoms with E-state index < -0.39 is 10.0 Å². The van der Waals surface area contributed by atoms with Crippen LogP contribution in [0.25, 0.3) is 0 Å². The van der Waals surface area contributed by atoms with Crippen LogP contribution < -0.4 is 15.2 Å². The second-order valence-electron chi connectivity index (χ2n) is 4.75. The predicted octanol–water partition coefficient (Wildman–Crippen LogP) is 1.50. The maximum Gasteiger partial charge on any atom is 0.244 e. The van der Waals surface area contributed by atoms with Crippen LogP contribution in [0, 0.1) is 0 Å². The smallest absolute Gasteiger partial charge is 0.244 e. The van der Waals surface area contributed by atoms with Crippen molar-refractivity contribution in [3.05, 3.63) is 35.9 Å². The summed E-state index contributed by atoms with van der Waals surface area (Å²) in [5.74, 6) is 0.387. The summed E-state index contributed by atoms with van der Waals surface area (Å²) < 4.78 is 32.8. The van der Waals surface area contributed by atoms with Crippen LogP contribution in [0.1, 0.15) is 30.5 Å². The van der Waals surface area contributed by atoms with Gasteiger partial charge in [-0.2, -0.15) is 0 Å². The van der Waals surface area contributed by atoms with E-state index in [4.69, 9.17) is 10.5 Å². The van der Waals surface area contributed by atoms with Crippen molar-refractivity contribution in [2.45, 2.75) is 30.7 Å². The lowest BCUT2D eigenvalue weighted by atomic mass is 9.98. The van der Waals surface area contributed by atoms with Gasteiger partial charge in [0.1, 0.15) is 10.6 Å². The summed E-state index contributed by atoms with van der Waals surface area (Å²) >= 11 is 0. The monoisotopic (exact) mass is 296 g/mol. The zero-order valence-electron chi connectivity index (χ0n) is 11.6. The summed E-state index contributed by atoms with van der Waals surface area (Å²) in [5, 5.41) is 0. The fraction of sp³-hybridized carbons (Fsp3) is 0.429. The van der Waals surface area contributed by atoms with Crippen molar-refractivity contribution in [3.8, 4) is 5.75 Å². The number of aryl methyl sites for hydroxylation is 1. The second kappa shape index (κ2) is 5.95. The van der Waals surface area contributed by atoms with Crippen LogP contribution in [-0.2, 0) is 16.4 Å². The molecule has 1 heterocycles. The van der Waals surface area contributed by atoms with Gasteiger partial charge < -0.3 is 10.5 Å². The number of sulfonamides is 1. The molecule has 0 bridgehead atoms. The summed E-state index contributed by atoms with van der Waals surface area (Å²) in [5.41, 5.74) is 7.78. The fourth-order valence-corrected chi connectivity index (χ4v) is 3.43. The number of benzene rings is 1. The van der Waals surface area contributed by atoms with Crippen molar-refractivity contribution in [1.29, 1.82) is 0 Å². The molecule has 1 aliphatic rings. The summed E-state index contributed by atoms with van der Waals surface area (Å²) in [7, 11) is -3.62. The first-order chi connectivity index (χ1) is 9.49. The first kappa shape index (κ1) is 15.0. The van der Waals surface area contributed by atoms with Gasteiger partial charge in [0.2, 0.25) is 10.0 Å². The minimum atomic E-state index is -3.62. The predicted molar refractivity (Wildman–Crippen MR) is 78.2 cm³/mol. The normalized spacial score (nSPS) is 18.2. The molecule has 0 saturated heterocycles. The van der Waals surface area contributed by atoms with Crippen molar-refractivity contribution < 1.29 is 13.2 Å². The van der Waals surface area contributed by atoms with Crippen LogP contribution in [-0.4, -0.2) is 21.6 Å². The highest BCUT2D eigenvalue weighted by atomic mass is 32.2. The molecule has 1 aromatic carbocycles. The molecule has 6 heteroatoms. The van der Waals surface area contributed by atoms with E-state index in [1.165, 1.54) is 6.08 Å². The Morgan fingerprint density at radius 1 is 1.55 bits per heavy atom. The summed E-state index contributed by atoms with van der Waals surface area (Å²) in [6, 6.07) is 3.41. The first-order valence-corrected chi connectivity index (χ1v) is 8.13. The average Bonchev–Trinajstić information content (AvgIpc) is 2.44. The molecule has 20 heavy (non-hydrogen) atoms. The number of hydrogen-bond donors (Lipinski definition) is 2. The van der Waals surface area contributed by atoms with E-state index in [1.807, 2.05) is 13.0 Å². The molecule has 1 aromatic rings. The molecule has 3 N–H and O–H groups in total. The second-order valence-corrected chi connectivity index (χ2v) is 6.49.